The number of hydrogen-bond acceptors (Lipinski definition) is 1. The zero-order valence-corrected chi connectivity index (χ0v) is 8.75. The molecule has 2 unspecified atom stereocenters. The summed E-state index contributed by atoms with van der Waals surface area (Å²) in [4.78, 5) is 0. The second-order valence-electron chi connectivity index (χ2n) is 4.60. The van der Waals surface area contributed by atoms with E-state index in [-0.39, 0.29) is 12.8 Å². The second kappa shape index (κ2) is 3.40. The standard InChI is InChI=1S/C10H18F3N/c1-3-5-9(10(11,12)13)7-4-6-8(9,2)14/h3-7,14H2,1-2H3. The number of nitrogens with two attached hydrogens (primary N) is 1. The van der Waals surface area contributed by atoms with Crippen molar-refractivity contribution in [1.82, 2.24) is 0 Å². The predicted octanol–water partition coefficient (Wildman–Crippen LogP) is 3.24. The molecule has 0 bridgehead atoms. The Labute approximate surface area is 82.9 Å². The van der Waals surface area contributed by atoms with Gasteiger partial charge in [0.05, 0.1) is 5.41 Å². The predicted molar refractivity (Wildman–Crippen MR) is 49.8 cm³/mol. The monoisotopic (exact) mass is 209 g/mol. The molecule has 2 atom stereocenters. The van der Waals surface area contributed by atoms with Gasteiger partial charge in [0.1, 0.15) is 0 Å². The van der Waals surface area contributed by atoms with Crippen molar-refractivity contribution in [3.05, 3.63) is 0 Å². The van der Waals surface area contributed by atoms with Gasteiger partial charge >= 0.3 is 6.18 Å². The van der Waals surface area contributed by atoms with Gasteiger partial charge in [-0.3, -0.25) is 0 Å². The van der Waals surface area contributed by atoms with Crippen LogP contribution >= 0.6 is 0 Å². The summed E-state index contributed by atoms with van der Waals surface area (Å²) in [6.07, 6.45) is -2.21. The first-order valence-electron chi connectivity index (χ1n) is 5.12. The molecule has 1 aliphatic rings. The Morgan fingerprint density at radius 1 is 1.29 bits per heavy atom. The van der Waals surface area contributed by atoms with Crippen molar-refractivity contribution >= 4 is 0 Å². The molecule has 0 aliphatic heterocycles. The average molecular weight is 209 g/mol. The summed E-state index contributed by atoms with van der Waals surface area (Å²) in [6.45, 7) is 3.32. The third kappa shape index (κ3) is 1.53. The van der Waals surface area contributed by atoms with Crippen LogP contribution in [0.3, 0.4) is 0 Å². The molecule has 84 valence electrons. The van der Waals surface area contributed by atoms with Crippen molar-refractivity contribution in [3.8, 4) is 0 Å². The molecule has 14 heavy (non-hydrogen) atoms. The van der Waals surface area contributed by atoms with Gasteiger partial charge in [-0.15, -0.1) is 0 Å². The van der Waals surface area contributed by atoms with E-state index in [1.54, 1.807) is 13.8 Å². The topological polar surface area (TPSA) is 26.0 Å². The molecule has 4 heteroatoms. The molecular weight excluding hydrogens is 191 g/mol. The molecular formula is C10H18F3N. The van der Waals surface area contributed by atoms with E-state index in [0.29, 0.717) is 19.3 Å². The van der Waals surface area contributed by atoms with Crippen molar-refractivity contribution in [1.29, 1.82) is 0 Å². The van der Waals surface area contributed by atoms with Gasteiger partial charge in [-0.25, -0.2) is 0 Å². The minimum absolute atomic E-state index is 0.156. The fourth-order valence-electron chi connectivity index (χ4n) is 2.73. The van der Waals surface area contributed by atoms with E-state index < -0.39 is 17.1 Å². The summed E-state index contributed by atoms with van der Waals surface area (Å²) in [5.74, 6) is 0. The zero-order chi connectivity index (χ0) is 11.0. The first-order valence-corrected chi connectivity index (χ1v) is 5.12. The molecule has 1 nitrogen and oxygen atoms in total. The normalized spacial score (nSPS) is 39.0. The Hall–Kier alpha value is -0.250. The Balaban J connectivity index is 3.04. The van der Waals surface area contributed by atoms with Crippen LogP contribution in [0.15, 0.2) is 0 Å². The number of rotatable bonds is 2. The molecule has 0 aromatic carbocycles. The van der Waals surface area contributed by atoms with E-state index in [2.05, 4.69) is 0 Å². The van der Waals surface area contributed by atoms with Crippen LogP contribution in [0.1, 0.15) is 46.0 Å². The van der Waals surface area contributed by atoms with Crippen molar-refractivity contribution in [2.75, 3.05) is 0 Å². The van der Waals surface area contributed by atoms with Gasteiger partial charge in [-0.2, -0.15) is 13.2 Å². The van der Waals surface area contributed by atoms with E-state index in [0.717, 1.165) is 0 Å². The van der Waals surface area contributed by atoms with Crippen LogP contribution in [0.5, 0.6) is 0 Å². The average Bonchev–Trinajstić information content (AvgIpc) is 2.27. The summed E-state index contributed by atoms with van der Waals surface area (Å²) >= 11 is 0. The maximum atomic E-state index is 13.0. The Morgan fingerprint density at radius 2 is 1.86 bits per heavy atom. The van der Waals surface area contributed by atoms with Crippen LogP contribution in [-0.2, 0) is 0 Å². The molecule has 1 aliphatic carbocycles. The van der Waals surface area contributed by atoms with Gasteiger partial charge in [-0.05, 0) is 26.2 Å². The molecule has 0 saturated heterocycles. The zero-order valence-electron chi connectivity index (χ0n) is 8.75. The third-order valence-electron chi connectivity index (χ3n) is 3.61. The molecule has 0 aromatic rings. The minimum Gasteiger partial charge on any atom is -0.325 e. The van der Waals surface area contributed by atoms with Crippen LogP contribution < -0.4 is 5.73 Å². The SMILES string of the molecule is CCCC1(C(F)(F)F)CCCC1(C)N. The van der Waals surface area contributed by atoms with E-state index >= 15 is 0 Å². The van der Waals surface area contributed by atoms with Gasteiger partial charge < -0.3 is 5.73 Å². The maximum Gasteiger partial charge on any atom is 0.396 e. The Morgan fingerprint density at radius 3 is 2.14 bits per heavy atom. The summed E-state index contributed by atoms with van der Waals surface area (Å²) in [5, 5.41) is 0. The summed E-state index contributed by atoms with van der Waals surface area (Å²) in [5.41, 5.74) is 3.08. The molecule has 0 amide bonds. The van der Waals surface area contributed by atoms with Crippen molar-refractivity contribution < 1.29 is 13.2 Å². The van der Waals surface area contributed by atoms with Crippen molar-refractivity contribution in [2.24, 2.45) is 11.1 Å². The smallest absolute Gasteiger partial charge is 0.325 e. The maximum absolute atomic E-state index is 13.0. The van der Waals surface area contributed by atoms with Gasteiger partial charge in [0, 0.05) is 5.54 Å². The van der Waals surface area contributed by atoms with E-state index in [4.69, 9.17) is 5.73 Å². The fraction of sp³-hybridized carbons (Fsp3) is 1.00. The Kier molecular flexibility index (Phi) is 2.87. The highest BCUT2D eigenvalue weighted by molar-refractivity contribution is 5.08. The van der Waals surface area contributed by atoms with Crippen LogP contribution in [0.2, 0.25) is 0 Å². The lowest BCUT2D eigenvalue weighted by Crippen LogP contribution is -2.57. The largest absolute Gasteiger partial charge is 0.396 e. The lowest BCUT2D eigenvalue weighted by Gasteiger charge is -2.42. The quantitative estimate of drug-likeness (QED) is 0.742. The lowest BCUT2D eigenvalue weighted by atomic mass is 9.70. The fourth-order valence-corrected chi connectivity index (χ4v) is 2.73. The molecule has 1 fully saturated rings. The number of hydrogen-bond donors (Lipinski definition) is 1. The molecule has 0 radical (unpaired) electrons. The van der Waals surface area contributed by atoms with Gasteiger partial charge in [-0.1, -0.05) is 19.8 Å². The molecule has 0 spiro atoms. The minimum atomic E-state index is -4.16. The Bertz CT molecular complexity index is 210. The summed E-state index contributed by atoms with van der Waals surface area (Å²) < 4.78 is 39.1. The highest BCUT2D eigenvalue weighted by atomic mass is 19.4. The first-order chi connectivity index (χ1) is 6.27. The van der Waals surface area contributed by atoms with Crippen LogP contribution in [0, 0.1) is 5.41 Å². The molecule has 0 aromatic heterocycles. The number of alkyl halides is 3. The molecule has 1 saturated carbocycles. The van der Waals surface area contributed by atoms with Gasteiger partial charge in [0.25, 0.3) is 0 Å². The van der Waals surface area contributed by atoms with Crippen molar-refractivity contribution in [2.45, 2.75) is 57.7 Å². The van der Waals surface area contributed by atoms with E-state index in [1.165, 1.54) is 0 Å². The second-order valence-corrected chi connectivity index (χ2v) is 4.60. The van der Waals surface area contributed by atoms with Gasteiger partial charge in [0.15, 0.2) is 0 Å². The van der Waals surface area contributed by atoms with Crippen LogP contribution in [0.4, 0.5) is 13.2 Å². The van der Waals surface area contributed by atoms with E-state index in [1.807, 2.05) is 0 Å². The highest BCUT2D eigenvalue weighted by Gasteiger charge is 2.64. The molecule has 2 N–H and O–H groups in total. The first kappa shape index (κ1) is 11.8. The van der Waals surface area contributed by atoms with E-state index in [9.17, 15) is 13.2 Å². The third-order valence-corrected chi connectivity index (χ3v) is 3.61. The van der Waals surface area contributed by atoms with Crippen LogP contribution in [-0.4, -0.2) is 11.7 Å². The van der Waals surface area contributed by atoms with Crippen LogP contribution in [0.25, 0.3) is 0 Å². The summed E-state index contributed by atoms with van der Waals surface area (Å²) in [6, 6.07) is 0. The van der Waals surface area contributed by atoms with Gasteiger partial charge in [0.2, 0.25) is 0 Å². The number of halogens is 3. The molecule has 0 heterocycles. The lowest BCUT2D eigenvalue weighted by molar-refractivity contribution is -0.241. The molecule has 1 rings (SSSR count). The van der Waals surface area contributed by atoms with Crippen molar-refractivity contribution in [3.63, 3.8) is 0 Å². The summed E-state index contributed by atoms with van der Waals surface area (Å²) in [7, 11) is 0. The highest BCUT2D eigenvalue weighted by Crippen LogP contribution is 2.57.